The van der Waals surface area contributed by atoms with Crippen molar-refractivity contribution in [1.29, 1.82) is 0 Å². The number of anilines is 1. The van der Waals surface area contributed by atoms with Crippen LogP contribution in [0.4, 0.5) is 5.82 Å². The Kier molecular flexibility index (Phi) is 3.77. The van der Waals surface area contributed by atoms with Crippen molar-refractivity contribution in [3.8, 4) is 0 Å². The Morgan fingerprint density at radius 1 is 1.44 bits per heavy atom. The highest BCUT2D eigenvalue weighted by atomic mass is 127. The van der Waals surface area contributed by atoms with Crippen molar-refractivity contribution in [1.82, 2.24) is 19.9 Å². The topological polar surface area (TPSA) is 64.3 Å². The second-order valence-electron chi connectivity index (χ2n) is 3.80. The molecule has 1 fully saturated rings. The van der Waals surface area contributed by atoms with Crippen LogP contribution in [-0.2, 0) is 0 Å². The van der Waals surface area contributed by atoms with Crippen molar-refractivity contribution in [3.63, 3.8) is 0 Å². The third-order valence-corrected chi connectivity index (χ3v) is 3.56. The van der Waals surface area contributed by atoms with Crippen molar-refractivity contribution in [2.24, 2.45) is 0 Å². The van der Waals surface area contributed by atoms with Gasteiger partial charge in [0.1, 0.15) is 3.57 Å². The van der Waals surface area contributed by atoms with Crippen LogP contribution in [-0.4, -0.2) is 53.1 Å². The molecule has 1 aliphatic heterocycles. The highest BCUT2D eigenvalue weighted by molar-refractivity contribution is 14.1. The Morgan fingerprint density at radius 3 is 2.81 bits per heavy atom. The maximum atomic E-state index is 11.4. The van der Waals surface area contributed by atoms with E-state index in [2.05, 4.69) is 32.4 Å². The summed E-state index contributed by atoms with van der Waals surface area (Å²) in [5.74, 6) is 0.633. The predicted molar refractivity (Wildman–Crippen MR) is 70.3 cm³/mol. The lowest BCUT2D eigenvalue weighted by atomic mass is 10.4. The zero-order valence-electron chi connectivity index (χ0n) is 9.03. The number of likely N-dealkylation sites (N-methyl/N-ethyl adjacent to an activating group) is 1. The molecule has 0 amide bonds. The molecule has 0 radical (unpaired) electrons. The number of nitrogens with zero attached hydrogens (tertiary/aromatic N) is 3. The Hall–Kier alpha value is -0.670. The van der Waals surface area contributed by atoms with E-state index in [0.29, 0.717) is 9.39 Å². The molecule has 0 spiro atoms. The number of aromatic amines is 1. The second kappa shape index (κ2) is 5.11. The minimum Gasteiger partial charge on any atom is -0.312 e. The highest BCUT2D eigenvalue weighted by Crippen LogP contribution is 2.10. The van der Waals surface area contributed by atoms with Crippen LogP contribution in [0.25, 0.3) is 0 Å². The first-order valence-corrected chi connectivity index (χ1v) is 6.18. The van der Waals surface area contributed by atoms with E-state index in [4.69, 9.17) is 0 Å². The summed E-state index contributed by atoms with van der Waals surface area (Å²) < 4.78 is 0.596. The molecule has 0 aromatic carbocycles. The van der Waals surface area contributed by atoms with Gasteiger partial charge in [-0.1, -0.05) is 0 Å². The molecular weight excluding hydrogens is 321 g/mol. The zero-order valence-corrected chi connectivity index (χ0v) is 11.2. The van der Waals surface area contributed by atoms with Gasteiger partial charge in [0, 0.05) is 26.2 Å². The smallest absolute Gasteiger partial charge is 0.266 e. The average Bonchev–Trinajstić information content (AvgIpc) is 2.28. The molecule has 16 heavy (non-hydrogen) atoms. The van der Waals surface area contributed by atoms with E-state index in [1.54, 1.807) is 0 Å². The normalized spacial score (nSPS) is 18.6. The molecule has 0 bridgehead atoms. The van der Waals surface area contributed by atoms with Gasteiger partial charge in [-0.05, 0) is 29.6 Å². The first-order valence-electron chi connectivity index (χ1n) is 5.10. The van der Waals surface area contributed by atoms with Crippen LogP contribution in [0.5, 0.6) is 0 Å². The number of halogens is 1. The van der Waals surface area contributed by atoms with Crippen molar-refractivity contribution in [2.45, 2.75) is 0 Å². The molecule has 0 saturated carbocycles. The maximum absolute atomic E-state index is 11.4. The SMILES string of the molecule is CN1CCN(Nc2nc[nH]c(=O)c2I)CC1. The molecular formula is C9H14IN5O. The van der Waals surface area contributed by atoms with Crippen molar-refractivity contribution in [3.05, 3.63) is 20.3 Å². The molecule has 2 N–H and O–H groups in total. The Bertz CT molecular complexity index is 413. The number of hydrazine groups is 1. The second-order valence-corrected chi connectivity index (χ2v) is 4.88. The van der Waals surface area contributed by atoms with Gasteiger partial charge in [-0.2, -0.15) is 0 Å². The molecule has 1 aromatic rings. The fourth-order valence-electron chi connectivity index (χ4n) is 1.53. The standard InChI is InChI=1S/C9H14IN5O/c1-14-2-4-15(5-3-14)13-8-7(10)9(16)12-6-11-8/h6H,2-5H2,1H3,(H2,11,12,13,16). The number of piperazine rings is 1. The van der Waals surface area contributed by atoms with Crippen molar-refractivity contribution in [2.75, 3.05) is 38.7 Å². The van der Waals surface area contributed by atoms with Gasteiger partial charge in [0.2, 0.25) is 0 Å². The summed E-state index contributed by atoms with van der Waals surface area (Å²) in [5, 5.41) is 2.09. The fraction of sp³-hybridized carbons (Fsp3) is 0.556. The van der Waals surface area contributed by atoms with E-state index < -0.39 is 0 Å². The van der Waals surface area contributed by atoms with Gasteiger partial charge in [-0.15, -0.1) is 0 Å². The molecule has 0 aliphatic carbocycles. The number of nitrogens with one attached hydrogen (secondary N) is 2. The van der Waals surface area contributed by atoms with Crippen LogP contribution in [0.2, 0.25) is 0 Å². The van der Waals surface area contributed by atoms with E-state index in [-0.39, 0.29) is 5.56 Å². The lowest BCUT2D eigenvalue weighted by molar-refractivity contribution is 0.178. The summed E-state index contributed by atoms with van der Waals surface area (Å²) in [5.41, 5.74) is 3.07. The molecule has 1 saturated heterocycles. The lowest BCUT2D eigenvalue weighted by Gasteiger charge is -2.32. The Morgan fingerprint density at radius 2 is 2.12 bits per heavy atom. The van der Waals surface area contributed by atoms with Gasteiger partial charge in [0.25, 0.3) is 5.56 Å². The monoisotopic (exact) mass is 335 g/mol. The molecule has 2 rings (SSSR count). The van der Waals surface area contributed by atoms with Crippen LogP contribution in [0.1, 0.15) is 0 Å². The minimum atomic E-state index is -0.104. The number of aromatic nitrogens is 2. The van der Waals surface area contributed by atoms with Crippen molar-refractivity contribution < 1.29 is 0 Å². The molecule has 1 aliphatic rings. The van der Waals surface area contributed by atoms with Gasteiger partial charge >= 0.3 is 0 Å². The Labute approximate surface area is 107 Å². The summed E-state index contributed by atoms with van der Waals surface area (Å²) in [4.78, 5) is 20.3. The first-order chi connectivity index (χ1) is 7.66. The quantitative estimate of drug-likeness (QED) is 0.742. The molecule has 2 heterocycles. The van der Waals surface area contributed by atoms with E-state index in [1.807, 2.05) is 22.6 Å². The molecule has 0 unspecified atom stereocenters. The van der Waals surface area contributed by atoms with E-state index >= 15 is 0 Å². The maximum Gasteiger partial charge on any atom is 0.266 e. The molecule has 6 nitrogen and oxygen atoms in total. The average molecular weight is 335 g/mol. The highest BCUT2D eigenvalue weighted by Gasteiger charge is 2.15. The zero-order chi connectivity index (χ0) is 11.5. The van der Waals surface area contributed by atoms with E-state index in [1.165, 1.54) is 6.33 Å². The molecule has 88 valence electrons. The van der Waals surface area contributed by atoms with Crippen molar-refractivity contribution >= 4 is 28.4 Å². The molecule has 1 aromatic heterocycles. The largest absolute Gasteiger partial charge is 0.312 e. The minimum absolute atomic E-state index is 0.104. The van der Waals surface area contributed by atoms with Crippen LogP contribution >= 0.6 is 22.6 Å². The number of rotatable bonds is 2. The Balaban J connectivity index is 2.04. The van der Waals surface area contributed by atoms with Crippen LogP contribution in [0.15, 0.2) is 11.1 Å². The van der Waals surface area contributed by atoms with Gasteiger partial charge in [-0.3, -0.25) is 4.79 Å². The predicted octanol–water partition coefficient (Wildman–Crippen LogP) is -0.0512. The van der Waals surface area contributed by atoms with Gasteiger partial charge in [-0.25, -0.2) is 9.99 Å². The van der Waals surface area contributed by atoms with Gasteiger partial charge in [0.15, 0.2) is 5.82 Å². The summed E-state index contributed by atoms with van der Waals surface area (Å²) in [7, 11) is 2.10. The van der Waals surface area contributed by atoms with Gasteiger partial charge < -0.3 is 15.3 Å². The summed E-state index contributed by atoms with van der Waals surface area (Å²) >= 11 is 2.00. The van der Waals surface area contributed by atoms with Gasteiger partial charge in [0.05, 0.1) is 6.33 Å². The third kappa shape index (κ3) is 2.71. The van der Waals surface area contributed by atoms with Crippen LogP contribution in [0, 0.1) is 3.57 Å². The van der Waals surface area contributed by atoms with Crippen LogP contribution in [0.3, 0.4) is 0 Å². The van der Waals surface area contributed by atoms with E-state index in [9.17, 15) is 4.79 Å². The summed E-state index contributed by atoms with van der Waals surface area (Å²) in [6.07, 6.45) is 1.42. The number of H-pyrrole nitrogens is 1. The summed E-state index contributed by atoms with van der Waals surface area (Å²) in [6, 6.07) is 0. The summed E-state index contributed by atoms with van der Waals surface area (Å²) in [6.45, 7) is 3.90. The first kappa shape index (κ1) is 11.8. The fourth-order valence-corrected chi connectivity index (χ4v) is 1.94. The molecule has 7 heteroatoms. The van der Waals surface area contributed by atoms with E-state index in [0.717, 1.165) is 26.2 Å². The molecule has 0 atom stereocenters. The number of hydrogen-bond donors (Lipinski definition) is 2. The van der Waals surface area contributed by atoms with Crippen LogP contribution < -0.4 is 11.0 Å². The lowest BCUT2D eigenvalue weighted by Crippen LogP contribution is -2.47. The third-order valence-electron chi connectivity index (χ3n) is 2.56. The number of hydrogen-bond acceptors (Lipinski definition) is 5.